The number of fused-ring (bicyclic) bond motifs is 3. The van der Waals surface area contributed by atoms with Crippen LogP contribution in [-0.4, -0.2) is 11.0 Å². The van der Waals surface area contributed by atoms with Crippen molar-refractivity contribution in [3.05, 3.63) is 70.7 Å². The van der Waals surface area contributed by atoms with Gasteiger partial charge in [0.2, 0.25) is 0 Å². The molecule has 2 N–H and O–H groups in total. The van der Waals surface area contributed by atoms with Gasteiger partial charge in [-0.1, -0.05) is 19.1 Å². The van der Waals surface area contributed by atoms with Gasteiger partial charge in [-0.05, 0) is 42.2 Å². The van der Waals surface area contributed by atoms with Crippen LogP contribution >= 0.6 is 0 Å². The lowest BCUT2D eigenvalue weighted by molar-refractivity contribution is 0.424. The number of H-pyrrole nitrogens is 1. The minimum Gasteiger partial charge on any atom is -0.354 e. The largest absolute Gasteiger partial charge is 0.354 e. The zero-order chi connectivity index (χ0) is 16.8. The molecule has 0 radical (unpaired) electrons. The zero-order valence-electron chi connectivity index (χ0n) is 13.2. The van der Waals surface area contributed by atoms with Gasteiger partial charge in [0.15, 0.2) is 0 Å². The van der Waals surface area contributed by atoms with E-state index in [0.717, 1.165) is 29.3 Å². The van der Waals surface area contributed by atoms with E-state index >= 15 is 0 Å². The van der Waals surface area contributed by atoms with Gasteiger partial charge >= 0.3 is 0 Å². The molecule has 0 amide bonds. The van der Waals surface area contributed by atoms with Gasteiger partial charge < -0.3 is 10.3 Å². The summed E-state index contributed by atoms with van der Waals surface area (Å²) in [7, 11) is 0. The second-order valence-corrected chi connectivity index (χ2v) is 6.29. The van der Waals surface area contributed by atoms with Crippen LogP contribution in [0.25, 0.3) is 10.9 Å². The Morgan fingerprint density at radius 2 is 1.79 bits per heavy atom. The standard InChI is InChI=1S/C19H17F3N2/c1-2-13-9-15-14-7-12(21)8-16(22)18(14)24-19(15)17(23-13)10-3-5-11(20)6-4-10/h3-8,13,17,23-24H,2,9H2,1H3/t13-,17-/m0/s1. The van der Waals surface area contributed by atoms with E-state index in [2.05, 4.69) is 17.2 Å². The second-order valence-electron chi connectivity index (χ2n) is 6.29. The highest BCUT2D eigenvalue weighted by Gasteiger charge is 2.30. The highest BCUT2D eigenvalue weighted by atomic mass is 19.1. The smallest absolute Gasteiger partial charge is 0.150 e. The Labute approximate surface area is 137 Å². The van der Waals surface area contributed by atoms with Crippen LogP contribution in [0.2, 0.25) is 0 Å². The number of aromatic nitrogens is 1. The molecule has 1 aromatic heterocycles. The molecule has 2 nitrogen and oxygen atoms in total. The van der Waals surface area contributed by atoms with Crippen LogP contribution in [0.4, 0.5) is 13.2 Å². The summed E-state index contributed by atoms with van der Waals surface area (Å²) in [6, 6.07) is 8.53. The van der Waals surface area contributed by atoms with Crippen molar-refractivity contribution in [2.45, 2.75) is 31.8 Å². The van der Waals surface area contributed by atoms with Gasteiger partial charge in [0.05, 0.1) is 11.6 Å². The minimum absolute atomic E-state index is 0.192. The lowest BCUT2D eigenvalue weighted by atomic mass is 9.89. The highest BCUT2D eigenvalue weighted by molar-refractivity contribution is 5.86. The van der Waals surface area contributed by atoms with Gasteiger partial charge in [-0.25, -0.2) is 13.2 Å². The van der Waals surface area contributed by atoms with Crippen molar-refractivity contribution in [3.63, 3.8) is 0 Å². The van der Waals surface area contributed by atoms with Gasteiger partial charge in [-0.15, -0.1) is 0 Å². The third-order valence-electron chi connectivity index (χ3n) is 4.80. The van der Waals surface area contributed by atoms with Crippen molar-refractivity contribution >= 4 is 10.9 Å². The molecule has 2 aromatic carbocycles. The topological polar surface area (TPSA) is 27.8 Å². The Morgan fingerprint density at radius 3 is 2.50 bits per heavy atom. The molecule has 124 valence electrons. The van der Waals surface area contributed by atoms with Crippen LogP contribution in [0.1, 0.15) is 36.2 Å². The molecule has 0 unspecified atom stereocenters. The van der Waals surface area contributed by atoms with Gasteiger partial charge in [-0.3, -0.25) is 0 Å². The fourth-order valence-corrected chi connectivity index (χ4v) is 3.56. The SMILES string of the molecule is CC[C@H]1Cc2c([nH]c3c(F)cc(F)cc23)[C@H](c2ccc(F)cc2)N1. The van der Waals surface area contributed by atoms with Crippen molar-refractivity contribution in [2.75, 3.05) is 0 Å². The lowest BCUT2D eigenvalue weighted by Crippen LogP contribution is -2.39. The third-order valence-corrected chi connectivity index (χ3v) is 4.80. The van der Waals surface area contributed by atoms with E-state index in [0.29, 0.717) is 17.3 Å². The maximum absolute atomic E-state index is 14.2. The van der Waals surface area contributed by atoms with E-state index in [1.807, 2.05) is 0 Å². The summed E-state index contributed by atoms with van der Waals surface area (Å²) in [6.45, 7) is 2.07. The molecule has 3 aromatic rings. The van der Waals surface area contributed by atoms with Crippen molar-refractivity contribution in [3.8, 4) is 0 Å². The lowest BCUT2D eigenvalue weighted by Gasteiger charge is -2.31. The molecule has 1 aliphatic rings. The molecule has 0 bridgehead atoms. The van der Waals surface area contributed by atoms with E-state index in [-0.39, 0.29) is 17.9 Å². The maximum atomic E-state index is 14.2. The number of halogens is 3. The third kappa shape index (κ3) is 2.40. The zero-order valence-corrected chi connectivity index (χ0v) is 13.2. The summed E-state index contributed by atoms with van der Waals surface area (Å²) in [6.07, 6.45) is 1.59. The van der Waals surface area contributed by atoms with E-state index in [4.69, 9.17) is 0 Å². The molecule has 0 saturated carbocycles. The Morgan fingerprint density at radius 1 is 1.04 bits per heavy atom. The van der Waals surface area contributed by atoms with Gasteiger partial charge in [0, 0.05) is 23.2 Å². The highest BCUT2D eigenvalue weighted by Crippen LogP contribution is 2.36. The molecule has 24 heavy (non-hydrogen) atoms. The number of nitrogens with one attached hydrogen (secondary N) is 2. The summed E-state index contributed by atoms with van der Waals surface area (Å²) in [5, 5.41) is 4.11. The first-order valence-corrected chi connectivity index (χ1v) is 8.07. The fraction of sp³-hybridized carbons (Fsp3) is 0.263. The van der Waals surface area contributed by atoms with Gasteiger partial charge in [0.25, 0.3) is 0 Å². The van der Waals surface area contributed by atoms with E-state index in [1.165, 1.54) is 18.2 Å². The molecular weight excluding hydrogens is 313 g/mol. The summed E-state index contributed by atoms with van der Waals surface area (Å²) in [5.74, 6) is -1.47. The summed E-state index contributed by atoms with van der Waals surface area (Å²) in [5.41, 5.74) is 2.98. The van der Waals surface area contributed by atoms with Gasteiger partial charge in [-0.2, -0.15) is 0 Å². The molecular formula is C19H17F3N2. The molecule has 2 atom stereocenters. The molecule has 5 heteroatoms. The normalized spacial score (nSPS) is 20.3. The molecule has 2 heterocycles. The van der Waals surface area contributed by atoms with E-state index in [9.17, 15) is 13.2 Å². The number of hydrogen-bond donors (Lipinski definition) is 2. The van der Waals surface area contributed by atoms with Crippen LogP contribution in [0.15, 0.2) is 36.4 Å². The number of benzene rings is 2. The van der Waals surface area contributed by atoms with Crippen LogP contribution in [0.3, 0.4) is 0 Å². The van der Waals surface area contributed by atoms with E-state index in [1.54, 1.807) is 12.1 Å². The summed E-state index contributed by atoms with van der Waals surface area (Å²) in [4.78, 5) is 3.12. The van der Waals surface area contributed by atoms with Gasteiger partial charge in [0.1, 0.15) is 17.5 Å². The van der Waals surface area contributed by atoms with Crippen molar-refractivity contribution < 1.29 is 13.2 Å². The van der Waals surface area contributed by atoms with Crippen LogP contribution in [0.5, 0.6) is 0 Å². The number of aromatic amines is 1. The average Bonchev–Trinajstić information content (AvgIpc) is 2.94. The summed E-state index contributed by atoms with van der Waals surface area (Å²) >= 11 is 0. The second kappa shape index (κ2) is 5.67. The first-order chi connectivity index (χ1) is 11.6. The molecule has 0 spiro atoms. The first-order valence-electron chi connectivity index (χ1n) is 8.07. The van der Waals surface area contributed by atoms with Crippen LogP contribution in [0, 0.1) is 17.5 Å². The van der Waals surface area contributed by atoms with Crippen molar-refractivity contribution in [2.24, 2.45) is 0 Å². The van der Waals surface area contributed by atoms with Crippen molar-refractivity contribution in [1.29, 1.82) is 0 Å². The quantitative estimate of drug-likeness (QED) is 0.706. The first kappa shape index (κ1) is 15.3. The average molecular weight is 330 g/mol. The molecule has 0 aliphatic carbocycles. The fourth-order valence-electron chi connectivity index (χ4n) is 3.56. The Bertz CT molecular complexity index is 899. The Hall–Kier alpha value is -2.27. The number of hydrogen-bond acceptors (Lipinski definition) is 1. The Kier molecular flexibility index (Phi) is 3.61. The monoisotopic (exact) mass is 330 g/mol. The summed E-state index contributed by atoms with van der Waals surface area (Å²) < 4.78 is 41.1. The predicted octanol–water partition coefficient (Wildman–Crippen LogP) is 4.60. The molecule has 0 saturated heterocycles. The molecule has 0 fully saturated rings. The predicted molar refractivity (Wildman–Crippen MR) is 87.4 cm³/mol. The maximum Gasteiger partial charge on any atom is 0.150 e. The van der Waals surface area contributed by atoms with Crippen LogP contribution < -0.4 is 5.32 Å². The molecule has 1 aliphatic heterocycles. The van der Waals surface area contributed by atoms with Crippen molar-refractivity contribution in [1.82, 2.24) is 10.3 Å². The van der Waals surface area contributed by atoms with Crippen LogP contribution in [-0.2, 0) is 6.42 Å². The molecule has 4 rings (SSSR count). The minimum atomic E-state index is -0.592. The Balaban J connectivity index is 1.92. The van der Waals surface area contributed by atoms with E-state index < -0.39 is 11.6 Å². The number of rotatable bonds is 2.